The summed E-state index contributed by atoms with van der Waals surface area (Å²) in [4.78, 5) is 4.16. The molecular formula is C8H13N3O2. The number of hydrogen-bond donors (Lipinski definition) is 1. The van der Waals surface area contributed by atoms with Crippen LogP contribution in [0.5, 0.6) is 0 Å². The van der Waals surface area contributed by atoms with E-state index in [4.69, 9.17) is 9.26 Å². The van der Waals surface area contributed by atoms with Crippen LogP contribution in [0.15, 0.2) is 4.52 Å². The number of hydrogen-bond acceptors (Lipinski definition) is 5. The van der Waals surface area contributed by atoms with Crippen LogP contribution in [0, 0.1) is 6.92 Å². The lowest BCUT2D eigenvalue weighted by molar-refractivity contribution is -0.00136. The van der Waals surface area contributed by atoms with E-state index in [1.54, 1.807) is 6.92 Å². The zero-order valence-corrected chi connectivity index (χ0v) is 7.78. The SMILES string of the molecule is Cc1noc([C@@H]2NCCO[C@@H]2C)n1. The second-order valence-corrected chi connectivity index (χ2v) is 3.19. The van der Waals surface area contributed by atoms with Crippen LogP contribution in [0.25, 0.3) is 0 Å². The van der Waals surface area contributed by atoms with Crippen molar-refractivity contribution in [3.8, 4) is 0 Å². The zero-order chi connectivity index (χ0) is 9.26. The molecule has 5 nitrogen and oxygen atoms in total. The van der Waals surface area contributed by atoms with E-state index in [1.165, 1.54) is 0 Å². The lowest BCUT2D eigenvalue weighted by atomic mass is 10.1. The first-order valence-electron chi connectivity index (χ1n) is 4.42. The molecule has 0 radical (unpaired) electrons. The molecule has 2 rings (SSSR count). The first-order valence-corrected chi connectivity index (χ1v) is 4.42. The van der Waals surface area contributed by atoms with Gasteiger partial charge in [-0.3, -0.25) is 0 Å². The lowest BCUT2D eigenvalue weighted by Gasteiger charge is -2.27. The van der Waals surface area contributed by atoms with E-state index in [0.717, 1.165) is 13.2 Å². The van der Waals surface area contributed by atoms with E-state index in [-0.39, 0.29) is 12.1 Å². The normalized spacial score (nSPS) is 29.1. The van der Waals surface area contributed by atoms with Crippen LogP contribution in [-0.4, -0.2) is 29.4 Å². The van der Waals surface area contributed by atoms with Gasteiger partial charge in [-0.15, -0.1) is 0 Å². The smallest absolute Gasteiger partial charge is 0.246 e. The predicted molar refractivity (Wildman–Crippen MR) is 45.2 cm³/mol. The topological polar surface area (TPSA) is 60.2 Å². The van der Waals surface area contributed by atoms with Gasteiger partial charge >= 0.3 is 0 Å². The number of aromatic nitrogens is 2. The third kappa shape index (κ3) is 1.71. The van der Waals surface area contributed by atoms with E-state index >= 15 is 0 Å². The van der Waals surface area contributed by atoms with Gasteiger partial charge in [-0.05, 0) is 13.8 Å². The molecule has 0 amide bonds. The van der Waals surface area contributed by atoms with E-state index in [9.17, 15) is 0 Å². The van der Waals surface area contributed by atoms with Gasteiger partial charge in [-0.2, -0.15) is 4.98 Å². The molecule has 1 fully saturated rings. The van der Waals surface area contributed by atoms with Crippen LogP contribution < -0.4 is 5.32 Å². The van der Waals surface area contributed by atoms with Crippen molar-refractivity contribution in [2.24, 2.45) is 0 Å². The molecule has 0 aromatic carbocycles. The average molecular weight is 183 g/mol. The Bertz CT molecular complexity index is 287. The molecule has 0 saturated carbocycles. The van der Waals surface area contributed by atoms with Crippen molar-refractivity contribution in [1.82, 2.24) is 15.5 Å². The number of morpholine rings is 1. The predicted octanol–water partition coefficient (Wildman–Crippen LogP) is 0.427. The van der Waals surface area contributed by atoms with Crippen molar-refractivity contribution in [2.45, 2.75) is 26.0 Å². The molecule has 1 saturated heterocycles. The molecule has 0 aliphatic carbocycles. The maximum Gasteiger partial charge on any atom is 0.246 e. The van der Waals surface area contributed by atoms with E-state index in [1.807, 2.05) is 6.92 Å². The highest BCUT2D eigenvalue weighted by molar-refractivity contribution is 4.95. The summed E-state index contributed by atoms with van der Waals surface area (Å²) in [7, 11) is 0. The van der Waals surface area contributed by atoms with Crippen LogP contribution in [0.1, 0.15) is 24.7 Å². The Labute approximate surface area is 76.5 Å². The summed E-state index contributed by atoms with van der Waals surface area (Å²) >= 11 is 0. The Morgan fingerprint density at radius 2 is 2.38 bits per heavy atom. The lowest BCUT2D eigenvalue weighted by Crippen LogP contribution is -2.40. The number of ether oxygens (including phenoxy) is 1. The van der Waals surface area contributed by atoms with E-state index in [2.05, 4.69) is 15.5 Å². The molecule has 2 atom stereocenters. The molecule has 1 aliphatic heterocycles. The highest BCUT2D eigenvalue weighted by atomic mass is 16.5. The van der Waals surface area contributed by atoms with Crippen LogP contribution >= 0.6 is 0 Å². The molecule has 1 aromatic rings. The van der Waals surface area contributed by atoms with Crippen molar-refractivity contribution in [3.05, 3.63) is 11.7 Å². The molecule has 13 heavy (non-hydrogen) atoms. The quantitative estimate of drug-likeness (QED) is 0.684. The molecule has 0 spiro atoms. The minimum atomic E-state index is 0.0370. The minimum Gasteiger partial charge on any atom is -0.375 e. The first kappa shape index (κ1) is 8.65. The van der Waals surface area contributed by atoms with Crippen molar-refractivity contribution in [2.75, 3.05) is 13.2 Å². The summed E-state index contributed by atoms with van der Waals surface area (Å²) in [6.07, 6.45) is 0.0913. The molecule has 1 N–H and O–H groups in total. The van der Waals surface area contributed by atoms with Gasteiger partial charge in [0.2, 0.25) is 5.89 Å². The maximum atomic E-state index is 5.46. The molecule has 1 aromatic heterocycles. The van der Waals surface area contributed by atoms with Crippen molar-refractivity contribution >= 4 is 0 Å². The second-order valence-electron chi connectivity index (χ2n) is 3.19. The summed E-state index contributed by atoms with van der Waals surface area (Å²) in [6.45, 7) is 5.37. The van der Waals surface area contributed by atoms with Gasteiger partial charge in [0.15, 0.2) is 5.82 Å². The zero-order valence-electron chi connectivity index (χ0n) is 7.78. The van der Waals surface area contributed by atoms with Gasteiger partial charge in [-0.1, -0.05) is 5.16 Å². The van der Waals surface area contributed by atoms with Crippen LogP contribution in [0.4, 0.5) is 0 Å². The molecule has 5 heteroatoms. The highest BCUT2D eigenvalue weighted by Crippen LogP contribution is 2.19. The van der Waals surface area contributed by atoms with Gasteiger partial charge in [0.05, 0.1) is 12.7 Å². The summed E-state index contributed by atoms with van der Waals surface area (Å²) in [6, 6.07) is 0.0370. The Hall–Kier alpha value is -0.940. The fraction of sp³-hybridized carbons (Fsp3) is 0.750. The molecule has 2 heterocycles. The molecule has 1 aliphatic rings. The maximum absolute atomic E-state index is 5.46. The van der Waals surface area contributed by atoms with Crippen molar-refractivity contribution < 1.29 is 9.26 Å². The number of aryl methyl sites for hydroxylation is 1. The Kier molecular flexibility index (Phi) is 2.28. The third-order valence-corrected chi connectivity index (χ3v) is 2.13. The number of nitrogens with zero attached hydrogens (tertiary/aromatic N) is 2. The van der Waals surface area contributed by atoms with E-state index in [0.29, 0.717) is 11.7 Å². The number of rotatable bonds is 1. The van der Waals surface area contributed by atoms with Gasteiger partial charge in [0.25, 0.3) is 0 Å². The van der Waals surface area contributed by atoms with Crippen LogP contribution in [-0.2, 0) is 4.74 Å². The summed E-state index contributed by atoms with van der Waals surface area (Å²) in [5, 5.41) is 7.02. The second kappa shape index (κ2) is 3.43. The summed E-state index contributed by atoms with van der Waals surface area (Å²) in [5.41, 5.74) is 0. The Balaban J connectivity index is 2.14. The van der Waals surface area contributed by atoms with Gasteiger partial charge < -0.3 is 14.6 Å². The van der Waals surface area contributed by atoms with Crippen LogP contribution in [0.2, 0.25) is 0 Å². The number of nitrogens with one attached hydrogen (secondary N) is 1. The minimum absolute atomic E-state index is 0.0370. The average Bonchev–Trinajstić information content (AvgIpc) is 2.53. The van der Waals surface area contributed by atoms with Crippen molar-refractivity contribution in [1.29, 1.82) is 0 Å². The Morgan fingerprint density at radius 3 is 3.00 bits per heavy atom. The molecule has 0 unspecified atom stereocenters. The first-order chi connectivity index (χ1) is 6.27. The molecular weight excluding hydrogens is 170 g/mol. The van der Waals surface area contributed by atoms with Gasteiger partial charge in [-0.25, -0.2) is 0 Å². The highest BCUT2D eigenvalue weighted by Gasteiger charge is 2.27. The monoisotopic (exact) mass is 183 g/mol. The standard InChI is InChI=1S/C8H13N3O2/c1-5-7(9-3-4-12-5)8-10-6(2)11-13-8/h5,7,9H,3-4H2,1-2H3/t5-,7-/m1/s1. The summed E-state index contributed by atoms with van der Waals surface area (Å²) in [5.74, 6) is 1.28. The fourth-order valence-electron chi connectivity index (χ4n) is 1.45. The molecule has 72 valence electrons. The Morgan fingerprint density at radius 1 is 1.54 bits per heavy atom. The van der Waals surface area contributed by atoms with Gasteiger partial charge in [0.1, 0.15) is 6.04 Å². The molecule has 0 bridgehead atoms. The third-order valence-electron chi connectivity index (χ3n) is 2.13. The summed E-state index contributed by atoms with van der Waals surface area (Å²) < 4.78 is 10.5. The van der Waals surface area contributed by atoms with Crippen molar-refractivity contribution in [3.63, 3.8) is 0 Å². The van der Waals surface area contributed by atoms with Crippen LogP contribution in [0.3, 0.4) is 0 Å². The fourth-order valence-corrected chi connectivity index (χ4v) is 1.45. The van der Waals surface area contributed by atoms with E-state index < -0.39 is 0 Å². The largest absolute Gasteiger partial charge is 0.375 e. The van der Waals surface area contributed by atoms with Gasteiger partial charge in [0, 0.05) is 6.54 Å².